The lowest BCUT2D eigenvalue weighted by molar-refractivity contribution is -0.118. The molecule has 0 aliphatic carbocycles. The first-order valence-electron chi connectivity index (χ1n) is 8.36. The number of alkyl halides is 1. The number of hydrogen-bond acceptors (Lipinski definition) is 3. The number of amides is 1. The minimum atomic E-state index is -1.38. The molecule has 134 valence electrons. The second-order valence-corrected chi connectivity index (χ2v) is 7.05. The molecule has 25 heavy (non-hydrogen) atoms. The normalized spacial score (nSPS) is 17.4. The van der Waals surface area contributed by atoms with E-state index in [1.54, 1.807) is 24.3 Å². The third-order valence-corrected chi connectivity index (χ3v) is 4.99. The average molecular weight is 365 g/mol. The second kappa shape index (κ2) is 7.14. The number of H-pyrrole nitrogens is 1. The van der Waals surface area contributed by atoms with Crippen LogP contribution in [-0.2, 0) is 10.5 Å². The van der Waals surface area contributed by atoms with Crippen molar-refractivity contribution in [1.29, 1.82) is 0 Å². The maximum absolute atomic E-state index is 15.2. The van der Waals surface area contributed by atoms with E-state index >= 15 is 4.39 Å². The molecule has 0 atom stereocenters. The van der Waals surface area contributed by atoms with Gasteiger partial charge in [-0.05, 0) is 44.4 Å². The van der Waals surface area contributed by atoms with E-state index in [-0.39, 0.29) is 12.5 Å². The number of nitrogens with zero attached hydrogens (tertiary/aromatic N) is 2. The Hall–Kier alpha value is -1.92. The predicted octanol–water partition coefficient (Wildman–Crippen LogP) is 3.58. The number of aromatic nitrogens is 2. The van der Waals surface area contributed by atoms with Crippen molar-refractivity contribution >= 4 is 23.2 Å². The molecular weight excluding hydrogens is 343 g/mol. The van der Waals surface area contributed by atoms with Crippen molar-refractivity contribution in [2.45, 2.75) is 32.4 Å². The Kier molecular flexibility index (Phi) is 5.11. The molecule has 0 unspecified atom stereocenters. The van der Waals surface area contributed by atoms with Crippen molar-refractivity contribution in [3.63, 3.8) is 0 Å². The lowest BCUT2D eigenvalue weighted by Crippen LogP contribution is -2.43. The number of aromatic amines is 1. The summed E-state index contributed by atoms with van der Waals surface area (Å²) in [4.78, 5) is 14.2. The van der Waals surface area contributed by atoms with Gasteiger partial charge in [0.2, 0.25) is 5.91 Å². The van der Waals surface area contributed by atoms with Crippen LogP contribution in [0.4, 0.5) is 10.1 Å². The van der Waals surface area contributed by atoms with Crippen LogP contribution < -0.4 is 5.32 Å². The summed E-state index contributed by atoms with van der Waals surface area (Å²) in [7, 11) is 0. The molecule has 0 saturated carbocycles. The molecule has 0 radical (unpaired) electrons. The van der Waals surface area contributed by atoms with Crippen LogP contribution >= 0.6 is 11.6 Å². The molecule has 5 nitrogen and oxygen atoms in total. The standard InChI is InChI=1S/C18H22ClFN4O/c1-12-17(13(2)23-22-12)21-16(25)11-24-8-6-18(20,7-9-24)14-4-3-5-15(19)10-14/h3-5,10H,6-9,11H2,1-2H3,(H,21,25)(H,22,23). The predicted molar refractivity (Wildman–Crippen MR) is 96.6 cm³/mol. The minimum absolute atomic E-state index is 0.110. The summed E-state index contributed by atoms with van der Waals surface area (Å²) in [6, 6.07) is 6.98. The Morgan fingerprint density at radius 1 is 1.40 bits per heavy atom. The molecule has 1 fully saturated rings. The summed E-state index contributed by atoms with van der Waals surface area (Å²) in [5.74, 6) is -0.110. The van der Waals surface area contributed by atoms with Gasteiger partial charge in [0.05, 0.1) is 23.6 Å². The SMILES string of the molecule is Cc1n[nH]c(C)c1NC(=O)CN1CCC(F)(c2cccc(Cl)c2)CC1. The number of aryl methyl sites for hydroxylation is 2. The molecule has 2 aromatic rings. The van der Waals surface area contributed by atoms with E-state index < -0.39 is 5.67 Å². The molecular formula is C18H22ClFN4O. The number of halogens is 2. The highest BCUT2D eigenvalue weighted by atomic mass is 35.5. The highest BCUT2D eigenvalue weighted by Crippen LogP contribution is 2.37. The van der Waals surface area contributed by atoms with Gasteiger partial charge in [0.1, 0.15) is 5.67 Å². The van der Waals surface area contributed by atoms with Crippen LogP contribution in [-0.4, -0.2) is 40.6 Å². The maximum Gasteiger partial charge on any atom is 0.238 e. The van der Waals surface area contributed by atoms with Crippen molar-refractivity contribution in [3.05, 3.63) is 46.2 Å². The van der Waals surface area contributed by atoms with Gasteiger partial charge in [-0.25, -0.2) is 4.39 Å². The molecule has 2 N–H and O–H groups in total. The quantitative estimate of drug-likeness (QED) is 0.871. The van der Waals surface area contributed by atoms with E-state index in [0.29, 0.717) is 36.5 Å². The first-order valence-corrected chi connectivity index (χ1v) is 8.74. The number of nitrogens with one attached hydrogen (secondary N) is 2. The Labute approximate surface area is 151 Å². The summed E-state index contributed by atoms with van der Waals surface area (Å²) < 4.78 is 15.2. The van der Waals surface area contributed by atoms with Crippen molar-refractivity contribution < 1.29 is 9.18 Å². The van der Waals surface area contributed by atoms with Gasteiger partial charge in [-0.1, -0.05) is 23.7 Å². The monoisotopic (exact) mass is 364 g/mol. The lowest BCUT2D eigenvalue weighted by Gasteiger charge is -2.36. The zero-order chi connectivity index (χ0) is 18.0. The molecule has 0 spiro atoms. The van der Waals surface area contributed by atoms with Crippen LogP contribution in [0.1, 0.15) is 29.8 Å². The fourth-order valence-electron chi connectivity index (χ4n) is 3.24. The molecule has 1 aliphatic rings. The third-order valence-electron chi connectivity index (χ3n) is 4.75. The topological polar surface area (TPSA) is 61.0 Å². The number of hydrogen-bond donors (Lipinski definition) is 2. The van der Waals surface area contributed by atoms with Gasteiger partial charge in [0, 0.05) is 18.1 Å². The van der Waals surface area contributed by atoms with E-state index in [1.165, 1.54) is 0 Å². The zero-order valence-corrected chi connectivity index (χ0v) is 15.2. The van der Waals surface area contributed by atoms with Crippen molar-refractivity contribution in [2.24, 2.45) is 0 Å². The van der Waals surface area contributed by atoms with Crippen LogP contribution in [0.3, 0.4) is 0 Å². The molecule has 2 heterocycles. The Bertz CT molecular complexity index is 749. The fraction of sp³-hybridized carbons (Fsp3) is 0.444. The van der Waals surface area contributed by atoms with Gasteiger partial charge in [-0.15, -0.1) is 0 Å². The van der Waals surface area contributed by atoms with Crippen molar-refractivity contribution in [3.8, 4) is 0 Å². The Morgan fingerprint density at radius 3 is 2.72 bits per heavy atom. The minimum Gasteiger partial charge on any atom is -0.322 e. The Morgan fingerprint density at radius 2 is 2.12 bits per heavy atom. The Balaban J connectivity index is 1.56. The van der Waals surface area contributed by atoms with Crippen LogP contribution in [0, 0.1) is 13.8 Å². The number of piperidine rings is 1. The van der Waals surface area contributed by atoms with Gasteiger partial charge in [-0.3, -0.25) is 14.8 Å². The van der Waals surface area contributed by atoms with Crippen LogP contribution in [0.2, 0.25) is 5.02 Å². The van der Waals surface area contributed by atoms with Gasteiger partial charge in [0.25, 0.3) is 0 Å². The lowest BCUT2D eigenvalue weighted by atomic mass is 9.86. The molecule has 1 saturated heterocycles. The van der Waals surface area contributed by atoms with Crippen molar-refractivity contribution in [1.82, 2.24) is 15.1 Å². The van der Waals surface area contributed by atoms with Crippen LogP contribution in [0.15, 0.2) is 24.3 Å². The number of anilines is 1. The molecule has 7 heteroatoms. The highest BCUT2D eigenvalue weighted by Gasteiger charge is 2.36. The zero-order valence-electron chi connectivity index (χ0n) is 14.4. The van der Waals surface area contributed by atoms with E-state index in [0.717, 1.165) is 17.1 Å². The summed E-state index contributed by atoms with van der Waals surface area (Å²) in [6.45, 7) is 5.00. The smallest absolute Gasteiger partial charge is 0.238 e. The number of benzene rings is 1. The number of likely N-dealkylation sites (tertiary alicyclic amines) is 1. The molecule has 1 amide bonds. The second-order valence-electron chi connectivity index (χ2n) is 6.61. The largest absolute Gasteiger partial charge is 0.322 e. The molecule has 3 rings (SSSR count). The summed E-state index contributed by atoms with van der Waals surface area (Å²) >= 11 is 5.98. The summed E-state index contributed by atoms with van der Waals surface area (Å²) in [5, 5.41) is 10.3. The van der Waals surface area contributed by atoms with Gasteiger partial charge < -0.3 is 5.32 Å². The summed E-state index contributed by atoms with van der Waals surface area (Å²) in [5.41, 5.74) is 1.55. The van der Waals surface area contributed by atoms with Gasteiger partial charge in [0.15, 0.2) is 0 Å². The number of carbonyl (C=O) groups excluding carboxylic acids is 1. The first-order chi connectivity index (χ1) is 11.9. The molecule has 1 aromatic heterocycles. The van der Waals surface area contributed by atoms with E-state index in [2.05, 4.69) is 15.5 Å². The molecule has 1 aromatic carbocycles. The molecule has 1 aliphatic heterocycles. The highest BCUT2D eigenvalue weighted by molar-refractivity contribution is 6.30. The first kappa shape index (κ1) is 17.9. The number of rotatable bonds is 4. The van der Waals surface area contributed by atoms with E-state index in [4.69, 9.17) is 11.6 Å². The maximum atomic E-state index is 15.2. The number of carbonyl (C=O) groups is 1. The van der Waals surface area contributed by atoms with E-state index in [1.807, 2.05) is 18.7 Å². The van der Waals surface area contributed by atoms with Crippen molar-refractivity contribution in [2.75, 3.05) is 25.0 Å². The van der Waals surface area contributed by atoms with Gasteiger partial charge in [-0.2, -0.15) is 5.10 Å². The molecule has 0 bridgehead atoms. The van der Waals surface area contributed by atoms with Gasteiger partial charge >= 0.3 is 0 Å². The van der Waals surface area contributed by atoms with E-state index in [9.17, 15) is 4.79 Å². The average Bonchev–Trinajstić information content (AvgIpc) is 2.89. The van der Waals surface area contributed by atoms with Crippen LogP contribution in [0.25, 0.3) is 0 Å². The summed E-state index contributed by atoms with van der Waals surface area (Å²) in [6.07, 6.45) is 0.703. The third kappa shape index (κ3) is 4.02. The fourth-order valence-corrected chi connectivity index (χ4v) is 3.43. The van der Waals surface area contributed by atoms with Crippen LogP contribution in [0.5, 0.6) is 0 Å².